The van der Waals surface area contributed by atoms with Crippen molar-refractivity contribution in [1.82, 2.24) is 20.1 Å². The van der Waals surface area contributed by atoms with Crippen molar-refractivity contribution in [3.8, 4) is 5.13 Å². The summed E-state index contributed by atoms with van der Waals surface area (Å²) in [5.41, 5.74) is 3.52. The summed E-state index contributed by atoms with van der Waals surface area (Å²) in [4.78, 5) is 4.30. The van der Waals surface area contributed by atoms with E-state index in [1.54, 1.807) is 11.3 Å². The molecule has 0 atom stereocenters. The maximum Gasteiger partial charge on any atom is 0.210 e. The number of thiazole rings is 1. The van der Waals surface area contributed by atoms with E-state index < -0.39 is 0 Å². The molecule has 2 rings (SSSR count). The van der Waals surface area contributed by atoms with Crippen LogP contribution in [0.1, 0.15) is 30.8 Å². The van der Waals surface area contributed by atoms with E-state index in [1.807, 2.05) is 16.3 Å². The lowest BCUT2D eigenvalue weighted by Gasteiger charge is -2.08. The maximum absolute atomic E-state index is 4.56. The van der Waals surface area contributed by atoms with Gasteiger partial charge in [0.15, 0.2) is 0 Å². The molecular formula is C12H18N4S. The molecule has 5 heteroatoms. The van der Waals surface area contributed by atoms with Crippen molar-refractivity contribution in [1.29, 1.82) is 0 Å². The lowest BCUT2D eigenvalue weighted by Crippen LogP contribution is -2.22. The molecule has 2 heterocycles. The second kappa shape index (κ2) is 4.98. The van der Waals surface area contributed by atoms with Crippen molar-refractivity contribution in [3.05, 3.63) is 28.5 Å². The molecule has 0 bridgehead atoms. The van der Waals surface area contributed by atoms with E-state index in [4.69, 9.17) is 0 Å². The Morgan fingerprint density at radius 3 is 2.76 bits per heavy atom. The van der Waals surface area contributed by atoms with Crippen LogP contribution in [0.25, 0.3) is 5.13 Å². The summed E-state index contributed by atoms with van der Waals surface area (Å²) in [5, 5.41) is 10.9. The first-order chi connectivity index (χ1) is 8.09. The standard InChI is InChI=1S/C12H18N4S/c1-8(2)14-7-11-9(3)15-16(10(11)4)12-13-5-6-17-12/h5-6,8,14H,7H2,1-4H3. The maximum atomic E-state index is 4.56. The van der Waals surface area contributed by atoms with E-state index in [2.05, 4.69) is 43.1 Å². The van der Waals surface area contributed by atoms with Crippen LogP contribution in [0.2, 0.25) is 0 Å². The van der Waals surface area contributed by atoms with Crippen LogP contribution >= 0.6 is 11.3 Å². The zero-order valence-corrected chi connectivity index (χ0v) is 11.5. The fourth-order valence-corrected chi connectivity index (χ4v) is 2.39. The van der Waals surface area contributed by atoms with Crippen molar-refractivity contribution < 1.29 is 0 Å². The first-order valence-corrected chi connectivity index (χ1v) is 6.66. The third-order valence-electron chi connectivity index (χ3n) is 2.73. The highest BCUT2D eigenvalue weighted by molar-refractivity contribution is 7.12. The molecule has 4 nitrogen and oxygen atoms in total. The van der Waals surface area contributed by atoms with Crippen LogP contribution in [0.15, 0.2) is 11.6 Å². The summed E-state index contributed by atoms with van der Waals surface area (Å²) in [6.45, 7) is 9.31. The van der Waals surface area contributed by atoms with Gasteiger partial charge in [0.25, 0.3) is 0 Å². The van der Waals surface area contributed by atoms with Gasteiger partial charge < -0.3 is 5.32 Å². The SMILES string of the molecule is Cc1nn(-c2nccs2)c(C)c1CNC(C)C. The van der Waals surface area contributed by atoms with Crippen molar-refractivity contribution in [2.75, 3.05) is 0 Å². The van der Waals surface area contributed by atoms with Gasteiger partial charge >= 0.3 is 0 Å². The second-order valence-electron chi connectivity index (χ2n) is 4.41. The first kappa shape index (κ1) is 12.3. The minimum Gasteiger partial charge on any atom is -0.310 e. The highest BCUT2D eigenvalue weighted by Crippen LogP contribution is 2.19. The topological polar surface area (TPSA) is 42.7 Å². The molecule has 1 N–H and O–H groups in total. The molecule has 0 radical (unpaired) electrons. The largest absolute Gasteiger partial charge is 0.310 e. The smallest absolute Gasteiger partial charge is 0.210 e. The van der Waals surface area contributed by atoms with Crippen LogP contribution in [0.4, 0.5) is 0 Å². The van der Waals surface area contributed by atoms with Gasteiger partial charge in [-0.25, -0.2) is 9.67 Å². The van der Waals surface area contributed by atoms with Crippen LogP contribution in [-0.4, -0.2) is 20.8 Å². The van der Waals surface area contributed by atoms with Crippen LogP contribution < -0.4 is 5.32 Å². The Morgan fingerprint density at radius 2 is 2.18 bits per heavy atom. The van der Waals surface area contributed by atoms with E-state index in [0.717, 1.165) is 17.4 Å². The number of nitrogens with zero attached hydrogens (tertiary/aromatic N) is 3. The van der Waals surface area contributed by atoms with Gasteiger partial charge in [-0.05, 0) is 13.8 Å². The first-order valence-electron chi connectivity index (χ1n) is 5.78. The quantitative estimate of drug-likeness (QED) is 0.906. The number of aryl methyl sites for hydroxylation is 1. The summed E-state index contributed by atoms with van der Waals surface area (Å²) < 4.78 is 1.93. The summed E-state index contributed by atoms with van der Waals surface area (Å²) in [7, 11) is 0. The normalized spacial score (nSPS) is 11.4. The predicted octanol–water partition coefficient (Wildman–Crippen LogP) is 2.44. The van der Waals surface area contributed by atoms with Gasteiger partial charge in [0.05, 0.1) is 5.69 Å². The Morgan fingerprint density at radius 1 is 1.41 bits per heavy atom. The number of hydrogen-bond acceptors (Lipinski definition) is 4. The highest BCUT2D eigenvalue weighted by Gasteiger charge is 2.13. The number of nitrogens with one attached hydrogen (secondary N) is 1. The van der Waals surface area contributed by atoms with E-state index >= 15 is 0 Å². The molecule has 17 heavy (non-hydrogen) atoms. The lowest BCUT2D eigenvalue weighted by molar-refractivity contribution is 0.586. The zero-order chi connectivity index (χ0) is 12.4. The van der Waals surface area contributed by atoms with E-state index in [1.165, 1.54) is 11.3 Å². The third kappa shape index (κ3) is 2.56. The molecule has 0 unspecified atom stereocenters. The molecule has 0 aromatic carbocycles. The predicted molar refractivity (Wildman–Crippen MR) is 70.7 cm³/mol. The molecule has 0 fully saturated rings. The molecule has 0 saturated carbocycles. The van der Waals surface area contributed by atoms with Crippen LogP contribution in [0.3, 0.4) is 0 Å². The fraction of sp³-hybridized carbons (Fsp3) is 0.500. The molecule has 0 aliphatic rings. The van der Waals surface area contributed by atoms with Crippen molar-refractivity contribution in [3.63, 3.8) is 0 Å². The average Bonchev–Trinajstić information content (AvgIpc) is 2.85. The Labute approximate surface area is 106 Å². The lowest BCUT2D eigenvalue weighted by atomic mass is 10.2. The average molecular weight is 250 g/mol. The van der Waals surface area contributed by atoms with E-state index in [0.29, 0.717) is 6.04 Å². The van der Waals surface area contributed by atoms with E-state index in [-0.39, 0.29) is 0 Å². The molecule has 0 spiro atoms. The number of rotatable bonds is 4. The van der Waals surface area contributed by atoms with Crippen LogP contribution in [-0.2, 0) is 6.54 Å². The molecule has 92 valence electrons. The van der Waals surface area contributed by atoms with E-state index in [9.17, 15) is 0 Å². The highest BCUT2D eigenvalue weighted by atomic mass is 32.1. The molecule has 0 aliphatic carbocycles. The zero-order valence-electron chi connectivity index (χ0n) is 10.7. The van der Waals surface area contributed by atoms with Gasteiger partial charge in [0, 0.05) is 35.4 Å². The van der Waals surface area contributed by atoms with Gasteiger partial charge in [-0.1, -0.05) is 13.8 Å². The Hall–Kier alpha value is -1.20. The van der Waals surface area contributed by atoms with Crippen molar-refractivity contribution >= 4 is 11.3 Å². The molecule has 2 aromatic heterocycles. The van der Waals surface area contributed by atoms with Crippen molar-refractivity contribution in [2.24, 2.45) is 0 Å². The van der Waals surface area contributed by atoms with Gasteiger partial charge in [-0.2, -0.15) is 5.10 Å². The summed E-state index contributed by atoms with van der Waals surface area (Å²) >= 11 is 1.61. The van der Waals surface area contributed by atoms with Crippen LogP contribution in [0.5, 0.6) is 0 Å². The van der Waals surface area contributed by atoms with Crippen molar-refractivity contribution in [2.45, 2.75) is 40.3 Å². The third-order valence-corrected chi connectivity index (χ3v) is 3.48. The van der Waals surface area contributed by atoms with Gasteiger partial charge in [-0.3, -0.25) is 0 Å². The summed E-state index contributed by atoms with van der Waals surface area (Å²) in [6, 6.07) is 0.483. The minimum atomic E-state index is 0.483. The monoisotopic (exact) mass is 250 g/mol. The number of hydrogen-bond donors (Lipinski definition) is 1. The second-order valence-corrected chi connectivity index (χ2v) is 5.28. The minimum absolute atomic E-state index is 0.483. The molecular weight excluding hydrogens is 232 g/mol. The van der Waals surface area contributed by atoms with Gasteiger partial charge in [0.1, 0.15) is 0 Å². The Kier molecular flexibility index (Phi) is 3.59. The molecule has 2 aromatic rings. The molecule has 0 saturated heterocycles. The van der Waals surface area contributed by atoms with Crippen LogP contribution in [0, 0.1) is 13.8 Å². The summed E-state index contributed by atoms with van der Waals surface area (Å²) in [6.07, 6.45) is 1.81. The Balaban J connectivity index is 2.29. The molecule has 0 aliphatic heterocycles. The number of aromatic nitrogens is 3. The fourth-order valence-electron chi connectivity index (χ4n) is 1.74. The van der Waals surface area contributed by atoms with Gasteiger partial charge in [0.2, 0.25) is 5.13 Å². The molecule has 0 amide bonds. The summed E-state index contributed by atoms with van der Waals surface area (Å²) in [5.74, 6) is 0. The Bertz CT molecular complexity index is 485. The van der Waals surface area contributed by atoms with Gasteiger partial charge in [-0.15, -0.1) is 11.3 Å².